The number of carboxylic acids is 1. The molecule has 0 spiro atoms. The van der Waals surface area contributed by atoms with Gasteiger partial charge in [0, 0.05) is 5.54 Å². The van der Waals surface area contributed by atoms with Gasteiger partial charge in [0.05, 0.1) is 6.54 Å². The number of amides is 2. The third kappa shape index (κ3) is 5.04. The maximum atomic E-state index is 11.5. The molecule has 0 aliphatic heterocycles. The molecular weight excluding hydrogens is 224 g/mol. The van der Waals surface area contributed by atoms with Crippen LogP contribution < -0.4 is 10.6 Å². The molecule has 2 amide bonds. The summed E-state index contributed by atoms with van der Waals surface area (Å²) in [6, 6.07) is -0.474. The minimum absolute atomic E-state index is 0.320. The molecule has 0 saturated heterocycles. The maximum absolute atomic E-state index is 11.5. The zero-order valence-corrected chi connectivity index (χ0v) is 10.8. The Morgan fingerprint density at radius 2 is 1.65 bits per heavy atom. The highest BCUT2D eigenvalue weighted by atomic mass is 16.4. The van der Waals surface area contributed by atoms with E-state index in [4.69, 9.17) is 5.11 Å². The van der Waals surface area contributed by atoms with Crippen LogP contribution in [0.25, 0.3) is 0 Å². The average Bonchev–Trinajstić information content (AvgIpc) is 2.26. The van der Waals surface area contributed by atoms with E-state index < -0.39 is 17.6 Å². The largest absolute Gasteiger partial charge is 0.479 e. The van der Waals surface area contributed by atoms with Gasteiger partial charge >= 0.3 is 12.0 Å². The molecule has 17 heavy (non-hydrogen) atoms. The van der Waals surface area contributed by atoms with E-state index in [0.717, 1.165) is 19.8 Å². The molecule has 0 aliphatic carbocycles. The summed E-state index contributed by atoms with van der Waals surface area (Å²) in [6.45, 7) is 6.61. The molecule has 0 rings (SSSR count). The van der Waals surface area contributed by atoms with Crippen LogP contribution in [-0.4, -0.2) is 39.9 Å². The van der Waals surface area contributed by atoms with Gasteiger partial charge in [-0.15, -0.1) is 0 Å². The third-order valence-corrected chi connectivity index (χ3v) is 3.03. The Hall–Kier alpha value is -1.30. The van der Waals surface area contributed by atoms with Gasteiger partial charge in [-0.05, 0) is 26.7 Å². The Bertz CT molecular complexity index is 285. The second-order valence-electron chi connectivity index (χ2n) is 4.65. The molecule has 6 heteroatoms. The highest BCUT2D eigenvalue weighted by Gasteiger charge is 2.31. The SMILES string of the molecule is CCC(C)(CC)NC(=O)NCC(C)(O)C(=O)O. The van der Waals surface area contributed by atoms with E-state index in [2.05, 4.69) is 10.6 Å². The van der Waals surface area contributed by atoms with Gasteiger partial charge in [-0.1, -0.05) is 13.8 Å². The smallest absolute Gasteiger partial charge is 0.337 e. The van der Waals surface area contributed by atoms with Crippen molar-refractivity contribution in [2.75, 3.05) is 6.54 Å². The molecule has 6 nitrogen and oxygen atoms in total. The third-order valence-electron chi connectivity index (χ3n) is 3.03. The van der Waals surface area contributed by atoms with Gasteiger partial charge in [0.25, 0.3) is 0 Å². The molecule has 100 valence electrons. The minimum Gasteiger partial charge on any atom is -0.479 e. The number of hydrogen-bond donors (Lipinski definition) is 4. The highest BCUT2D eigenvalue weighted by molar-refractivity contribution is 5.79. The number of carboxylic acid groups (broad SMARTS) is 1. The minimum atomic E-state index is -1.95. The summed E-state index contributed by atoms with van der Waals surface area (Å²) in [7, 11) is 0. The Morgan fingerprint density at radius 1 is 1.18 bits per heavy atom. The zero-order chi connectivity index (χ0) is 13.7. The molecule has 0 fully saturated rings. The van der Waals surface area contributed by atoms with Gasteiger partial charge in [-0.2, -0.15) is 0 Å². The van der Waals surface area contributed by atoms with Crippen molar-refractivity contribution >= 4 is 12.0 Å². The molecule has 4 N–H and O–H groups in total. The van der Waals surface area contributed by atoms with Crippen molar-refractivity contribution in [1.82, 2.24) is 10.6 Å². The summed E-state index contributed by atoms with van der Waals surface area (Å²) >= 11 is 0. The summed E-state index contributed by atoms with van der Waals surface area (Å²) in [6.07, 6.45) is 1.54. The maximum Gasteiger partial charge on any atom is 0.337 e. The number of rotatable bonds is 6. The molecule has 0 aromatic rings. The quantitative estimate of drug-likeness (QED) is 0.554. The van der Waals surface area contributed by atoms with Crippen LogP contribution in [0.2, 0.25) is 0 Å². The lowest BCUT2D eigenvalue weighted by Crippen LogP contribution is -2.54. The van der Waals surface area contributed by atoms with E-state index in [-0.39, 0.29) is 12.1 Å². The number of aliphatic hydroxyl groups is 1. The lowest BCUT2D eigenvalue weighted by molar-refractivity contribution is -0.155. The Labute approximate surface area is 101 Å². The monoisotopic (exact) mass is 246 g/mol. The number of nitrogens with one attached hydrogen (secondary N) is 2. The predicted molar refractivity (Wildman–Crippen MR) is 63.8 cm³/mol. The fourth-order valence-electron chi connectivity index (χ4n) is 1.07. The molecule has 0 radical (unpaired) electrons. The average molecular weight is 246 g/mol. The Balaban J connectivity index is 4.26. The van der Waals surface area contributed by atoms with Crippen molar-refractivity contribution in [3.05, 3.63) is 0 Å². The van der Waals surface area contributed by atoms with Crippen LogP contribution in [-0.2, 0) is 4.79 Å². The predicted octanol–water partition coefficient (Wildman–Crippen LogP) is 0.700. The van der Waals surface area contributed by atoms with E-state index in [1.54, 1.807) is 0 Å². The summed E-state index contributed by atoms with van der Waals surface area (Å²) in [5.41, 5.74) is -2.27. The van der Waals surface area contributed by atoms with Crippen molar-refractivity contribution in [2.45, 2.75) is 51.7 Å². The van der Waals surface area contributed by atoms with Crippen LogP contribution in [0, 0.1) is 0 Å². The van der Waals surface area contributed by atoms with Crippen LogP contribution in [0.3, 0.4) is 0 Å². The Kier molecular flexibility index (Phi) is 5.41. The molecule has 0 bridgehead atoms. The van der Waals surface area contributed by atoms with Gasteiger partial charge < -0.3 is 20.8 Å². The van der Waals surface area contributed by atoms with Crippen molar-refractivity contribution in [1.29, 1.82) is 0 Å². The molecular formula is C11H22N2O4. The van der Waals surface area contributed by atoms with Crippen molar-refractivity contribution in [3.8, 4) is 0 Å². The highest BCUT2D eigenvalue weighted by Crippen LogP contribution is 2.13. The number of carbonyl (C=O) groups is 2. The van der Waals surface area contributed by atoms with Crippen molar-refractivity contribution in [2.24, 2.45) is 0 Å². The van der Waals surface area contributed by atoms with Gasteiger partial charge in [0.1, 0.15) is 0 Å². The first kappa shape index (κ1) is 15.7. The zero-order valence-electron chi connectivity index (χ0n) is 10.8. The van der Waals surface area contributed by atoms with Crippen molar-refractivity contribution in [3.63, 3.8) is 0 Å². The second kappa shape index (κ2) is 5.86. The molecule has 1 unspecified atom stereocenters. The van der Waals surface area contributed by atoms with Gasteiger partial charge in [-0.3, -0.25) is 0 Å². The van der Waals surface area contributed by atoms with E-state index >= 15 is 0 Å². The van der Waals surface area contributed by atoms with Crippen LogP contribution in [0.4, 0.5) is 4.79 Å². The van der Waals surface area contributed by atoms with Crippen molar-refractivity contribution < 1.29 is 19.8 Å². The number of carbonyl (C=O) groups excluding carboxylic acids is 1. The lowest BCUT2D eigenvalue weighted by Gasteiger charge is -2.29. The topological polar surface area (TPSA) is 98.7 Å². The van der Waals surface area contributed by atoms with Gasteiger partial charge in [-0.25, -0.2) is 9.59 Å². The molecule has 0 aromatic heterocycles. The summed E-state index contributed by atoms with van der Waals surface area (Å²) in [4.78, 5) is 22.1. The Morgan fingerprint density at radius 3 is 2.00 bits per heavy atom. The number of urea groups is 1. The van der Waals surface area contributed by atoms with E-state index in [1.807, 2.05) is 20.8 Å². The first-order chi connectivity index (χ1) is 7.67. The second-order valence-corrected chi connectivity index (χ2v) is 4.65. The van der Waals surface area contributed by atoms with E-state index in [9.17, 15) is 14.7 Å². The van der Waals surface area contributed by atoms with Gasteiger partial charge in [0.15, 0.2) is 5.60 Å². The van der Waals surface area contributed by atoms with E-state index in [1.165, 1.54) is 0 Å². The van der Waals surface area contributed by atoms with Crippen LogP contribution in [0.15, 0.2) is 0 Å². The van der Waals surface area contributed by atoms with Crippen LogP contribution >= 0.6 is 0 Å². The molecule has 0 aliphatic rings. The standard InChI is InChI=1S/C11H22N2O4/c1-5-10(3,6-2)13-9(16)12-7-11(4,17)8(14)15/h17H,5-7H2,1-4H3,(H,14,15)(H2,12,13,16). The first-order valence-electron chi connectivity index (χ1n) is 5.68. The summed E-state index contributed by atoms with van der Waals surface area (Å²) in [5, 5.41) is 23.2. The molecule has 0 aromatic carbocycles. The molecule has 1 atom stereocenters. The van der Waals surface area contributed by atoms with Crippen LogP contribution in [0.5, 0.6) is 0 Å². The normalized spacial score (nSPS) is 14.9. The summed E-state index contributed by atoms with van der Waals surface area (Å²) < 4.78 is 0. The molecule has 0 heterocycles. The summed E-state index contributed by atoms with van der Waals surface area (Å²) in [5.74, 6) is -1.37. The van der Waals surface area contributed by atoms with E-state index in [0.29, 0.717) is 0 Å². The number of hydrogen-bond acceptors (Lipinski definition) is 3. The number of aliphatic carboxylic acids is 1. The fraction of sp³-hybridized carbons (Fsp3) is 0.818. The lowest BCUT2D eigenvalue weighted by atomic mass is 9.96. The molecule has 0 saturated carbocycles. The first-order valence-corrected chi connectivity index (χ1v) is 5.68. The van der Waals surface area contributed by atoms with Gasteiger partial charge in [0.2, 0.25) is 0 Å². The fourth-order valence-corrected chi connectivity index (χ4v) is 1.07. The van der Waals surface area contributed by atoms with Crippen LogP contribution in [0.1, 0.15) is 40.5 Å².